The molecule has 0 heterocycles. The molecule has 0 aromatic rings. The minimum atomic E-state index is 0.681. The largest absolute Gasteiger partial charge is 0.317 e. The van der Waals surface area contributed by atoms with Gasteiger partial charge in [-0.3, -0.25) is 0 Å². The van der Waals surface area contributed by atoms with E-state index in [4.69, 9.17) is 0 Å². The van der Waals surface area contributed by atoms with Gasteiger partial charge in [-0.2, -0.15) is 0 Å². The second-order valence-corrected chi connectivity index (χ2v) is 2.94. The van der Waals surface area contributed by atoms with E-state index in [0.29, 0.717) is 6.04 Å². The molecule has 0 aliphatic rings. The molecule has 1 heteroatoms. The molecular formula is C8H19N. The highest BCUT2D eigenvalue weighted by Crippen LogP contribution is 2.08. The zero-order valence-electron chi connectivity index (χ0n) is 7.07. The van der Waals surface area contributed by atoms with Gasteiger partial charge in [-0.05, 0) is 26.3 Å². The first-order valence-electron chi connectivity index (χ1n) is 3.88. The van der Waals surface area contributed by atoms with Crippen LogP contribution in [0.25, 0.3) is 0 Å². The Kier molecular flexibility index (Phi) is 4.78. The summed E-state index contributed by atoms with van der Waals surface area (Å²) in [5.41, 5.74) is 0. The number of rotatable bonds is 4. The van der Waals surface area contributed by atoms with Gasteiger partial charge in [0.1, 0.15) is 0 Å². The summed E-state index contributed by atoms with van der Waals surface area (Å²) in [6.07, 6.45) is 2.60. The van der Waals surface area contributed by atoms with E-state index in [9.17, 15) is 0 Å². The molecule has 0 aliphatic heterocycles. The van der Waals surface area contributed by atoms with E-state index in [-0.39, 0.29) is 0 Å². The van der Waals surface area contributed by atoms with Gasteiger partial charge in [0.15, 0.2) is 0 Å². The highest BCUT2D eigenvalue weighted by atomic mass is 14.8. The smallest absolute Gasteiger partial charge is 0.00382 e. The number of hydrogen-bond acceptors (Lipinski definition) is 1. The van der Waals surface area contributed by atoms with Crippen molar-refractivity contribution in [1.29, 1.82) is 0 Å². The maximum Gasteiger partial charge on any atom is 0.00382 e. The average molecular weight is 129 g/mol. The third-order valence-corrected chi connectivity index (χ3v) is 1.95. The van der Waals surface area contributed by atoms with Gasteiger partial charge in [0.25, 0.3) is 0 Å². The van der Waals surface area contributed by atoms with Gasteiger partial charge < -0.3 is 5.32 Å². The molecule has 1 nitrogen and oxygen atoms in total. The molecule has 0 aromatic carbocycles. The predicted octanol–water partition coefficient (Wildman–Crippen LogP) is 2.03. The van der Waals surface area contributed by atoms with Gasteiger partial charge >= 0.3 is 0 Å². The molecule has 1 N–H and O–H groups in total. The van der Waals surface area contributed by atoms with Gasteiger partial charge in [-0.15, -0.1) is 0 Å². The van der Waals surface area contributed by atoms with Crippen molar-refractivity contribution in [2.24, 2.45) is 5.92 Å². The molecule has 0 radical (unpaired) electrons. The van der Waals surface area contributed by atoms with Crippen LogP contribution in [-0.4, -0.2) is 13.1 Å². The molecule has 9 heavy (non-hydrogen) atoms. The van der Waals surface area contributed by atoms with E-state index in [1.165, 1.54) is 12.8 Å². The van der Waals surface area contributed by atoms with E-state index in [1.807, 2.05) is 7.05 Å². The lowest BCUT2D eigenvalue weighted by atomic mass is 10.0. The van der Waals surface area contributed by atoms with Crippen LogP contribution in [0.3, 0.4) is 0 Å². The summed E-state index contributed by atoms with van der Waals surface area (Å²) in [5.74, 6) is 0.868. The molecule has 0 aliphatic carbocycles. The summed E-state index contributed by atoms with van der Waals surface area (Å²) in [7, 11) is 2.02. The summed E-state index contributed by atoms with van der Waals surface area (Å²) in [6.45, 7) is 6.77. The van der Waals surface area contributed by atoms with Crippen molar-refractivity contribution in [1.82, 2.24) is 5.32 Å². The maximum absolute atomic E-state index is 3.23. The summed E-state index contributed by atoms with van der Waals surface area (Å²) in [6, 6.07) is 0.681. The molecule has 0 saturated carbocycles. The quantitative estimate of drug-likeness (QED) is 0.612. The Hall–Kier alpha value is -0.0400. The van der Waals surface area contributed by atoms with E-state index < -0.39 is 0 Å². The monoisotopic (exact) mass is 129 g/mol. The minimum absolute atomic E-state index is 0.681. The summed E-state index contributed by atoms with van der Waals surface area (Å²) < 4.78 is 0. The van der Waals surface area contributed by atoms with Crippen LogP contribution in [0.4, 0.5) is 0 Å². The first-order chi connectivity index (χ1) is 4.20. The van der Waals surface area contributed by atoms with Gasteiger partial charge in [-0.1, -0.05) is 20.3 Å². The van der Waals surface area contributed by atoms with Crippen LogP contribution in [0.1, 0.15) is 33.6 Å². The van der Waals surface area contributed by atoms with Gasteiger partial charge in [0.2, 0.25) is 0 Å². The van der Waals surface area contributed by atoms with Gasteiger partial charge in [0.05, 0.1) is 0 Å². The molecule has 0 saturated heterocycles. The Labute approximate surface area is 58.8 Å². The van der Waals surface area contributed by atoms with Crippen molar-refractivity contribution in [2.45, 2.75) is 39.7 Å². The molecule has 0 amide bonds. The topological polar surface area (TPSA) is 12.0 Å². The highest BCUT2D eigenvalue weighted by molar-refractivity contribution is 4.60. The lowest BCUT2D eigenvalue weighted by molar-refractivity contribution is 0.432. The van der Waals surface area contributed by atoms with Crippen LogP contribution in [0, 0.1) is 5.92 Å². The third-order valence-electron chi connectivity index (χ3n) is 1.95. The zero-order chi connectivity index (χ0) is 7.28. The van der Waals surface area contributed by atoms with Gasteiger partial charge in [-0.25, -0.2) is 0 Å². The summed E-state index contributed by atoms with van der Waals surface area (Å²) in [5, 5.41) is 3.23. The molecule has 2 unspecified atom stereocenters. The Balaban J connectivity index is 3.22. The van der Waals surface area contributed by atoms with E-state index in [0.717, 1.165) is 5.92 Å². The second kappa shape index (κ2) is 4.80. The Morgan fingerprint density at radius 3 is 2.22 bits per heavy atom. The van der Waals surface area contributed by atoms with E-state index in [1.54, 1.807) is 0 Å². The van der Waals surface area contributed by atoms with Crippen LogP contribution < -0.4 is 5.32 Å². The van der Waals surface area contributed by atoms with Crippen molar-refractivity contribution in [2.75, 3.05) is 7.05 Å². The Morgan fingerprint density at radius 2 is 1.89 bits per heavy atom. The molecule has 0 aromatic heterocycles. The SMILES string of the molecule is CCC(C)CC(C)NC. The third kappa shape index (κ3) is 4.46. The second-order valence-electron chi connectivity index (χ2n) is 2.94. The van der Waals surface area contributed by atoms with Crippen molar-refractivity contribution < 1.29 is 0 Å². The fourth-order valence-corrected chi connectivity index (χ4v) is 0.888. The molecule has 0 rings (SSSR count). The zero-order valence-corrected chi connectivity index (χ0v) is 7.07. The highest BCUT2D eigenvalue weighted by Gasteiger charge is 2.02. The standard InChI is InChI=1S/C8H19N/c1-5-7(2)6-8(3)9-4/h7-9H,5-6H2,1-4H3. The molecule has 56 valence electrons. The first kappa shape index (κ1) is 8.96. The van der Waals surface area contributed by atoms with Crippen molar-refractivity contribution >= 4 is 0 Å². The van der Waals surface area contributed by atoms with Crippen molar-refractivity contribution in [3.8, 4) is 0 Å². The average Bonchev–Trinajstić information content (AvgIpc) is 1.87. The van der Waals surface area contributed by atoms with Crippen LogP contribution in [0.15, 0.2) is 0 Å². The fourth-order valence-electron chi connectivity index (χ4n) is 0.888. The predicted molar refractivity (Wildman–Crippen MR) is 42.6 cm³/mol. The Morgan fingerprint density at radius 1 is 1.33 bits per heavy atom. The van der Waals surface area contributed by atoms with Crippen molar-refractivity contribution in [3.63, 3.8) is 0 Å². The van der Waals surface area contributed by atoms with Crippen LogP contribution in [0.2, 0.25) is 0 Å². The number of nitrogens with one attached hydrogen (secondary N) is 1. The Bertz CT molecular complexity index is 53.6. The van der Waals surface area contributed by atoms with Crippen LogP contribution in [0.5, 0.6) is 0 Å². The summed E-state index contributed by atoms with van der Waals surface area (Å²) in [4.78, 5) is 0. The molecule has 0 bridgehead atoms. The summed E-state index contributed by atoms with van der Waals surface area (Å²) >= 11 is 0. The fraction of sp³-hybridized carbons (Fsp3) is 1.00. The maximum atomic E-state index is 3.23. The minimum Gasteiger partial charge on any atom is -0.317 e. The van der Waals surface area contributed by atoms with Gasteiger partial charge in [0, 0.05) is 6.04 Å². The molecule has 2 atom stereocenters. The van der Waals surface area contributed by atoms with Crippen molar-refractivity contribution in [3.05, 3.63) is 0 Å². The molecule has 0 spiro atoms. The van der Waals surface area contributed by atoms with E-state index in [2.05, 4.69) is 26.1 Å². The van der Waals surface area contributed by atoms with E-state index >= 15 is 0 Å². The molecule has 0 fully saturated rings. The lowest BCUT2D eigenvalue weighted by Crippen LogP contribution is -2.23. The first-order valence-corrected chi connectivity index (χ1v) is 3.88. The molecular weight excluding hydrogens is 110 g/mol. The number of hydrogen-bond donors (Lipinski definition) is 1. The lowest BCUT2D eigenvalue weighted by Gasteiger charge is -2.14. The van der Waals surface area contributed by atoms with Crippen LogP contribution in [-0.2, 0) is 0 Å². The van der Waals surface area contributed by atoms with Crippen LogP contribution >= 0.6 is 0 Å². The normalized spacial score (nSPS) is 17.3.